The highest BCUT2D eigenvalue weighted by Crippen LogP contribution is 2.19. The number of nitrogens with zero attached hydrogens (tertiary/aromatic N) is 2. The van der Waals surface area contributed by atoms with Crippen LogP contribution >= 0.6 is 24.0 Å². The third-order valence-corrected chi connectivity index (χ3v) is 4.69. The van der Waals surface area contributed by atoms with Crippen LogP contribution in [0.4, 0.5) is 5.69 Å². The Kier molecular flexibility index (Phi) is 11.6. The highest BCUT2D eigenvalue weighted by Gasteiger charge is 2.27. The summed E-state index contributed by atoms with van der Waals surface area (Å²) in [6.07, 6.45) is 2.43. The summed E-state index contributed by atoms with van der Waals surface area (Å²) in [7, 11) is 0. The molecule has 1 amide bonds. The largest absolute Gasteiger partial charge is 0.466 e. The number of carbonyl (C=O) groups is 2. The van der Waals surface area contributed by atoms with Crippen LogP contribution in [0, 0.1) is 5.92 Å². The lowest BCUT2D eigenvalue weighted by Crippen LogP contribution is -2.46. The lowest BCUT2D eigenvalue weighted by Gasteiger charge is -2.33. The highest BCUT2D eigenvalue weighted by molar-refractivity contribution is 14.0. The van der Waals surface area contributed by atoms with E-state index in [1.165, 1.54) is 12.5 Å². The van der Waals surface area contributed by atoms with Crippen molar-refractivity contribution in [3.63, 3.8) is 0 Å². The number of nitrogens with one attached hydrogen (secondary N) is 2. The Bertz CT molecular complexity index is 671. The molecule has 0 spiro atoms. The molecule has 29 heavy (non-hydrogen) atoms. The number of ether oxygens (including phenoxy) is 1. The van der Waals surface area contributed by atoms with Crippen LogP contribution in [-0.2, 0) is 20.7 Å². The van der Waals surface area contributed by atoms with Crippen molar-refractivity contribution in [2.75, 3.05) is 38.1 Å². The fraction of sp³-hybridized carbons (Fsp3) is 0.571. The molecule has 1 aliphatic heterocycles. The van der Waals surface area contributed by atoms with E-state index in [2.05, 4.69) is 22.5 Å². The molecule has 0 radical (unpaired) electrons. The molecule has 7 nitrogen and oxygen atoms in total. The van der Waals surface area contributed by atoms with Crippen LogP contribution in [0.3, 0.4) is 0 Å². The van der Waals surface area contributed by atoms with Crippen LogP contribution in [0.25, 0.3) is 0 Å². The maximum atomic E-state index is 11.9. The first-order valence-electron chi connectivity index (χ1n) is 10.1. The second-order valence-electron chi connectivity index (χ2n) is 6.88. The molecular weight excluding hydrogens is 483 g/mol. The minimum Gasteiger partial charge on any atom is -0.466 e. The van der Waals surface area contributed by atoms with Gasteiger partial charge in [-0.15, -0.1) is 24.0 Å². The summed E-state index contributed by atoms with van der Waals surface area (Å²) >= 11 is 0. The zero-order valence-corrected chi connectivity index (χ0v) is 19.9. The van der Waals surface area contributed by atoms with Crippen LogP contribution < -0.4 is 10.6 Å². The lowest BCUT2D eigenvalue weighted by molar-refractivity contribution is -0.149. The van der Waals surface area contributed by atoms with Crippen LogP contribution in [0.1, 0.15) is 39.2 Å². The minimum atomic E-state index is -0.0770. The topological polar surface area (TPSA) is 83.0 Å². The van der Waals surface area contributed by atoms with Crippen molar-refractivity contribution >= 4 is 47.5 Å². The number of hydrogen-bond donors (Lipinski definition) is 2. The van der Waals surface area contributed by atoms with Crippen molar-refractivity contribution in [2.45, 2.75) is 40.0 Å². The van der Waals surface area contributed by atoms with Crippen LogP contribution in [0.5, 0.6) is 0 Å². The van der Waals surface area contributed by atoms with Gasteiger partial charge in [0.25, 0.3) is 0 Å². The summed E-state index contributed by atoms with van der Waals surface area (Å²) in [4.78, 5) is 30.0. The van der Waals surface area contributed by atoms with Gasteiger partial charge in [0, 0.05) is 38.8 Å². The van der Waals surface area contributed by atoms with Gasteiger partial charge >= 0.3 is 5.97 Å². The van der Waals surface area contributed by atoms with Gasteiger partial charge in [-0.2, -0.15) is 0 Å². The number of rotatable bonds is 7. The van der Waals surface area contributed by atoms with E-state index >= 15 is 0 Å². The van der Waals surface area contributed by atoms with Gasteiger partial charge < -0.3 is 20.3 Å². The first-order chi connectivity index (χ1) is 13.5. The number of esters is 1. The molecule has 1 aliphatic rings. The molecule has 0 aromatic heterocycles. The van der Waals surface area contributed by atoms with Gasteiger partial charge in [-0.25, -0.2) is 0 Å². The minimum absolute atomic E-state index is 0. The van der Waals surface area contributed by atoms with Crippen LogP contribution in [-0.4, -0.2) is 55.5 Å². The molecule has 8 heteroatoms. The fourth-order valence-electron chi connectivity index (χ4n) is 3.26. The van der Waals surface area contributed by atoms with E-state index in [-0.39, 0.29) is 41.8 Å². The summed E-state index contributed by atoms with van der Waals surface area (Å²) in [6.45, 7) is 8.94. The first-order valence-corrected chi connectivity index (χ1v) is 10.1. The Labute approximate surface area is 190 Å². The van der Waals surface area contributed by atoms with Gasteiger partial charge in [0.2, 0.25) is 5.91 Å². The maximum Gasteiger partial charge on any atom is 0.309 e. The fourth-order valence-corrected chi connectivity index (χ4v) is 3.26. The standard InChI is InChI=1S/C21H32N4O3.HI/c1-4-22-21(25-14-11-18(12-15-25)20(27)28-5-2)23-13-10-17-6-8-19(9-7-17)24-16(3)26;/h6-9,18H,4-5,10-15H2,1-3H3,(H,22,23)(H,24,26);1H. The molecule has 0 bridgehead atoms. The monoisotopic (exact) mass is 516 g/mol. The van der Waals surface area contributed by atoms with Gasteiger partial charge in [-0.05, 0) is 50.8 Å². The van der Waals surface area contributed by atoms with Gasteiger partial charge in [-0.1, -0.05) is 12.1 Å². The number of benzene rings is 1. The molecule has 0 atom stereocenters. The van der Waals surface area contributed by atoms with Crippen LogP contribution in [0.15, 0.2) is 29.3 Å². The molecule has 2 N–H and O–H groups in total. The number of guanidine groups is 1. The van der Waals surface area contributed by atoms with E-state index in [4.69, 9.17) is 9.73 Å². The normalized spacial score (nSPS) is 14.7. The second-order valence-corrected chi connectivity index (χ2v) is 6.88. The van der Waals surface area contributed by atoms with Gasteiger partial charge in [-0.3, -0.25) is 14.6 Å². The number of likely N-dealkylation sites (tertiary alicyclic amines) is 1. The third kappa shape index (κ3) is 8.59. The Morgan fingerprint density at radius 1 is 1.17 bits per heavy atom. The Hall–Kier alpha value is -1.84. The number of piperidine rings is 1. The van der Waals surface area contributed by atoms with E-state index in [9.17, 15) is 9.59 Å². The quantitative estimate of drug-likeness (QED) is 0.252. The highest BCUT2D eigenvalue weighted by atomic mass is 127. The van der Waals surface area contributed by atoms with E-state index in [1.807, 2.05) is 31.2 Å². The van der Waals surface area contributed by atoms with E-state index < -0.39 is 0 Å². The van der Waals surface area contributed by atoms with Crippen molar-refractivity contribution in [1.82, 2.24) is 10.2 Å². The number of anilines is 1. The molecule has 1 fully saturated rings. The zero-order chi connectivity index (χ0) is 20.4. The summed E-state index contributed by atoms with van der Waals surface area (Å²) in [5.41, 5.74) is 1.98. The summed E-state index contributed by atoms with van der Waals surface area (Å²) in [5.74, 6) is 0.757. The molecule has 0 saturated carbocycles. The summed E-state index contributed by atoms with van der Waals surface area (Å²) in [5, 5.41) is 6.12. The molecular formula is C21H33IN4O3. The average molecular weight is 516 g/mol. The Morgan fingerprint density at radius 2 is 1.83 bits per heavy atom. The average Bonchev–Trinajstić information content (AvgIpc) is 2.68. The van der Waals surface area contributed by atoms with E-state index in [0.29, 0.717) is 13.2 Å². The van der Waals surface area contributed by atoms with E-state index in [0.717, 1.165) is 50.5 Å². The molecule has 1 heterocycles. The molecule has 0 aliphatic carbocycles. The molecule has 1 aromatic rings. The third-order valence-electron chi connectivity index (χ3n) is 4.69. The smallest absolute Gasteiger partial charge is 0.309 e. The lowest BCUT2D eigenvalue weighted by atomic mass is 9.97. The molecule has 1 aromatic carbocycles. The first kappa shape index (κ1) is 25.2. The van der Waals surface area contributed by atoms with Crippen molar-refractivity contribution in [2.24, 2.45) is 10.9 Å². The van der Waals surface area contributed by atoms with Crippen molar-refractivity contribution < 1.29 is 14.3 Å². The van der Waals surface area contributed by atoms with Crippen molar-refractivity contribution in [1.29, 1.82) is 0 Å². The second kappa shape index (κ2) is 13.4. The Morgan fingerprint density at radius 3 is 2.38 bits per heavy atom. The summed E-state index contributed by atoms with van der Waals surface area (Å²) < 4.78 is 5.14. The maximum absolute atomic E-state index is 11.9. The number of carbonyl (C=O) groups excluding carboxylic acids is 2. The van der Waals surface area contributed by atoms with E-state index in [1.54, 1.807) is 0 Å². The Balaban J connectivity index is 0.00000420. The number of aliphatic imine (C=N–C) groups is 1. The van der Waals surface area contributed by atoms with Gasteiger partial charge in [0.15, 0.2) is 5.96 Å². The summed E-state index contributed by atoms with van der Waals surface area (Å²) in [6, 6.07) is 7.84. The number of hydrogen-bond acceptors (Lipinski definition) is 4. The molecule has 2 rings (SSSR count). The molecule has 1 saturated heterocycles. The number of halogens is 1. The SMILES string of the molecule is CCNC(=NCCc1ccc(NC(C)=O)cc1)N1CCC(C(=O)OCC)CC1.I. The van der Waals surface area contributed by atoms with Crippen molar-refractivity contribution in [3.8, 4) is 0 Å². The van der Waals surface area contributed by atoms with Gasteiger partial charge in [0.1, 0.15) is 0 Å². The molecule has 162 valence electrons. The van der Waals surface area contributed by atoms with Crippen LogP contribution in [0.2, 0.25) is 0 Å². The molecule has 0 unspecified atom stereocenters. The predicted molar refractivity (Wildman–Crippen MR) is 127 cm³/mol. The van der Waals surface area contributed by atoms with Gasteiger partial charge in [0.05, 0.1) is 12.5 Å². The van der Waals surface area contributed by atoms with Crippen molar-refractivity contribution in [3.05, 3.63) is 29.8 Å². The number of amides is 1. The predicted octanol–water partition coefficient (Wildman–Crippen LogP) is 3.05. The zero-order valence-electron chi connectivity index (χ0n) is 17.6.